The second-order valence-corrected chi connectivity index (χ2v) is 8.59. The number of hydrogen-bond donors (Lipinski definition) is 3. The van der Waals surface area contributed by atoms with Gasteiger partial charge in [-0.3, -0.25) is 9.59 Å². The number of halogens is 1. The van der Waals surface area contributed by atoms with E-state index in [0.717, 1.165) is 19.4 Å². The van der Waals surface area contributed by atoms with Crippen LogP contribution in [0.15, 0.2) is 29.2 Å². The van der Waals surface area contributed by atoms with Gasteiger partial charge in [-0.1, -0.05) is 6.07 Å². The predicted molar refractivity (Wildman–Crippen MR) is 104 cm³/mol. The van der Waals surface area contributed by atoms with Crippen molar-refractivity contribution in [3.8, 4) is 0 Å². The van der Waals surface area contributed by atoms with E-state index in [2.05, 4.69) is 17.6 Å². The molecule has 27 heavy (non-hydrogen) atoms. The first-order valence-electron chi connectivity index (χ1n) is 8.71. The van der Waals surface area contributed by atoms with Crippen LogP contribution in [0.2, 0.25) is 0 Å². The first kappa shape index (κ1) is 21.6. The highest BCUT2D eigenvalue weighted by atomic mass is 35.5. The van der Waals surface area contributed by atoms with E-state index in [9.17, 15) is 18.0 Å². The molecule has 4 N–H and O–H groups in total. The molecule has 1 aromatic rings. The fourth-order valence-corrected chi connectivity index (χ4v) is 4.10. The first-order valence-corrected chi connectivity index (χ1v) is 10.3. The number of carbonyl (C=O) groups excluding carboxylic acids is 2. The van der Waals surface area contributed by atoms with Crippen molar-refractivity contribution in [1.29, 1.82) is 0 Å². The summed E-state index contributed by atoms with van der Waals surface area (Å²) >= 11 is 0. The van der Waals surface area contributed by atoms with E-state index in [-0.39, 0.29) is 48.1 Å². The van der Waals surface area contributed by atoms with E-state index in [0.29, 0.717) is 11.7 Å². The third kappa shape index (κ3) is 5.19. The maximum atomic E-state index is 12.5. The number of nitrogens with two attached hydrogens (primary N) is 1. The Morgan fingerprint density at radius 3 is 2.78 bits per heavy atom. The highest BCUT2D eigenvalue weighted by molar-refractivity contribution is 7.89. The summed E-state index contributed by atoms with van der Waals surface area (Å²) in [4.78, 5) is 26.3. The minimum atomic E-state index is -3.85. The van der Waals surface area contributed by atoms with Crippen molar-refractivity contribution in [2.24, 2.45) is 11.1 Å². The first-order chi connectivity index (χ1) is 12.2. The molecule has 0 bridgehead atoms. The topological polar surface area (TPSA) is 122 Å². The maximum Gasteiger partial charge on any atom is 0.238 e. The number of primary sulfonamides is 1. The quantitative estimate of drug-likeness (QED) is 0.654. The predicted octanol–water partition coefficient (Wildman–Crippen LogP) is 0.365. The van der Waals surface area contributed by atoms with Gasteiger partial charge in [0.05, 0.1) is 10.8 Å². The zero-order valence-electron chi connectivity index (χ0n) is 15.1. The van der Waals surface area contributed by atoms with Gasteiger partial charge in [0, 0.05) is 30.7 Å². The average molecular weight is 417 g/mol. The number of anilines is 1. The molecule has 0 spiro atoms. The Bertz CT molecular complexity index is 817. The Balaban J connectivity index is 0.00000261. The number of amides is 2. The number of rotatable bonds is 4. The Morgan fingerprint density at radius 2 is 2.11 bits per heavy atom. The molecule has 10 heteroatoms. The molecule has 8 nitrogen and oxygen atoms in total. The van der Waals surface area contributed by atoms with E-state index in [1.807, 2.05) is 0 Å². The van der Waals surface area contributed by atoms with Crippen LogP contribution in [-0.4, -0.2) is 45.4 Å². The number of hydrogen-bond acceptors (Lipinski definition) is 5. The molecule has 150 valence electrons. The normalized spacial score (nSPS) is 25.8. The summed E-state index contributed by atoms with van der Waals surface area (Å²) in [5.41, 5.74) is 0.437. The summed E-state index contributed by atoms with van der Waals surface area (Å²) in [6.07, 6.45) is 1.86. The Morgan fingerprint density at radius 1 is 1.37 bits per heavy atom. The molecule has 3 unspecified atom stereocenters. The van der Waals surface area contributed by atoms with Gasteiger partial charge < -0.3 is 15.5 Å². The minimum absolute atomic E-state index is 0. The Labute approximate surface area is 165 Å². The lowest BCUT2D eigenvalue weighted by atomic mass is 9.99. The number of benzene rings is 1. The van der Waals surface area contributed by atoms with Crippen LogP contribution in [0.1, 0.15) is 26.2 Å². The van der Waals surface area contributed by atoms with Crippen molar-refractivity contribution >= 4 is 39.9 Å². The molecule has 2 amide bonds. The van der Waals surface area contributed by atoms with Gasteiger partial charge in [0.15, 0.2) is 0 Å². The van der Waals surface area contributed by atoms with E-state index in [1.165, 1.54) is 23.1 Å². The fourth-order valence-electron chi connectivity index (χ4n) is 3.54. The van der Waals surface area contributed by atoms with Crippen LogP contribution in [0.4, 0.5) is 5.69 Å². The summed E-state index contributed by atoms with van der Waals surface area (Å²) in [5, 5.41) is 11.5. The van der Waals surface area contributed by atoms with Crippen LogP contribution < -0.4 is 20.7 Å². The highest BCUT2D eigenvalue weighted by Crippen LogP contribution is 2.27. The molecule has 1 aromatic carbocycles. The smallest absolute Gasteiger partial charge is 0.238 e. The molecular weight excluding hydrogens is 392 g/mol. The molecule has 2 aliphatic heterocycles. The second-order valence-electron chi connectivity index (χ2n) is 7.03. The van der Waals surface area contributed by atoms with Crippen LogP contribution in [-0.2, 0) is 19.6 Å². The van der Waals surface area contributed by atoms with E-state index in [1.54, 1.807) is 6.07 Å². The number of nitrogens with zero attached hydrogens (tertiary/aromatic N) is 1. The average Bonchev–Trinajstić information content (AvgIpc) is 2.96. The Kier molecular flexibility index (Phi) is 6.85. The standard InChI is InChI=1S/C17H24N4O4S.ClH/c1-11-7-13(5-6-19-11)20-17(23)12-8-16(22)21(10-12)14-3-2-4-15(9-14)26(18,24)25;/h2-4,9,11-13,19H,5-8,10H2,1H3,(H,20,23)(H2,18,24,25);1H. The molecule has 0 saturated carbocycles. The van der Waals surface area contributed by atoms with Crippen LogP contribution >= 0.6 is 12.4 Å². The van der Waals surface area contributed by atoms with Gasteiger partial charge in [-0.25, -0.2) is 13.6 Å². The van der Waals surface area contributed by atoms with Crippen molar-refractivity contribution in [1.82, 2.24) is 10.6 Å². The zero-order chi connectivity index (χ0) is 18.9. The van der Waals surface area contributed by atoms with Gasteiger partial charge in [0.1, 0.15) is 0 Å². The van der Waals surface area contributed by atoms with Gasteiger partial charge in [-0.15, -0.1) is 12.4 Å². The second kappa shape index (κ2) is 8.55. The molecule has 0 radical (unpaired) electrons. The van der Waals surface area contributed by atoms with Gasteiger partial charge in [-0.05, 0) is 44.5 Å². The summed E-state index contributed by atoms with van der Waals surface area (Å²) in [6, 6.07) is 6.39. The van der Waals surface area contributed by atoms with Crippen molar-refractivity contribution < 1.29 is 18.0 Å². The number of sulfonamides is 1. The SMILES string of the molecule is CC1CC(NC(=O)C2CC(=O)N(c3cccc(S(N)(=O)=O)c3)C2)CCN1.Cl. The van der Waals surface area contributed by atoms with Crippen molar-refractivity contribution in [2.75, 3.05) is 18.0 Å². The third-order valence-corrected chi connectivity index (χ3v) is 5.83. The molecule has 0 aromatic heterocycles. The molecule has 2 fully saturated rings. The molecule has 2 aliphatic rings. The summed E-state index contributed by atoms with van der Waals surface area (Å²) in [6.45, 7) is 3.18. The minimum Gasteiger partial charge on any atom is -0.353 e. The van der Waals surface area contributed by atoms with Gasteiger partial charge in [0.2, 0.25) is 21.8 Å². The lowest BCUT2D eigenvalue weighted by molar-refractivity contribution is -0.127. The van der Waals surface area contributed by atoms with Crippen LogP contribution in [0.25, 0.3) is 0 Å². The summed E-state index contributed by atoms with van der Waals surface area (Å²) in [5.74, 6) is -0.760. The molecular formula is C17H25ClN4O4S. The highest BCUT2D eigenvalue weighted by Gasteiger charge is 2.36. The number of carbonyl (C=O) groups is 2. The number of nitrogens with one attached hydrogen (secondary N) is 2. The van der Waals surface area contributed by atoms with E-state index >= 15 is 0 Å². The Hall–Kier alpha value is -1.68. The lowest BCUT2D eigenvalue weighted by Gasteiger charge is -2.29. The van der Waals surface area contributed by atoms with E-state index in [4.69, 9.17) is 5.14 Å². The monoisotopic (exact) mass is 416 g/mol. The largest absolute Gasteiger partial charge is 0.353 e. The fraction of sp³-hybridized carbons (Fsp3) is 0.529. The van der Waals surface area contributed by atoms with Gasteiger partial charge in [-0.2, -0.15) is 0 Å². The summed E-state index contributed by atoms with van der Waals surface area (Å²) < 4.78 is 23.0. The van der Waals surface area contributed by atoms with Crippen LogP contribution in [0, 0.1) is 5.92 Å². The maximum absolute atomic E-state index is 12.5. The van der Waals surface area contributed by atoms with E-state index < -0.39 is 15.9 Å². The van der Waals surface area contributed by atoms with Crippen molar-refractivity contribution in [2.45, 2.75) is 43.2 Å². The molecule has 0 aliphatic carbocycles. The molecule has 3 rings (SSSR count). The third-order valence-electron chi connectivity index (χ3n) is 4.92. The van der Waals surface area contributed by atoms with Crippen LogP contribution in [0.5, 0.6) is 0 Å². The molecule has 3 atom stereocenters. The lowest BCUT2D eigenvalue weighted by Crippen LogP contribution is -2.48. The van der Waals surface area contributed by atoms with Crippen molar-refractivity contribution in [3.05, 3.63) is 24.3 Å². The zero-order valence-corrected chi connectivity index (χ0v) is 16.7. The van der Waals surface area contributed by atoms with Crippen molar-refractivity contribution in [3.63, 3.8) is 0 Å². The molecule has 2 saturated heterocycles. The van der Waals surface area contributed by atoms with Gasteiger partial charge in [0.25, 0.3) is 0 Å². The number of piperidine rings is 1. The summed E-state index contributed by atoms with van der Waals surface area (Å²) in [7, 11) is -3.85. The van der Waals surface area contributed by atoms with Gasteiger partial charge >= 0.3 is 0 Å². The molecule has 2 heterocycles. The van der Waals surface area contributed by atoms with Crippen LogP contribution in [0.3, 0.4) is 0 Å².